The van der Waals surface area contributed by atoms with E-state index in [1.165, 1.54) is 16.6 Å². The lowest BCUT2D eigenvalue weighted by molar-refractivity contribution is 0.0923. The molecule has 2 aliphatic heterocycles. The highest BCUT2D eigenvalue weighted by molar-refractivity contribution is 7.88. The Hall–Kier alpha value is -1.51. The minimum Gasteiger partial charge on any atom is -0.454 e. The number of amides is 1. The van der Waals surface area contributed by atoms with Crippen LogP contribution in [0.3, 0.4) is 0 Å². The lowest BCUT2D eigenvalue weighted by Crippen LogP contribution is -2.46. The van der Waals surface area contributed by atoms with Gasteiger partial charge in [0.15, 0.2) is 11.5 Å². The zero-order valence-corrected chi connectivity index (χ0v) is 14.1. The minimum absolute atomic E-state index is 0.0651. The number of nitrogens with zero attached hydrogens (tertiary/aromatic N) is 1. The van der Waals surface area contributed by atoms with E-state index in [-0.39, 0.29) is 18.7 Å². The summed E-state index contributed by atoms with van der Waals surface area (Å²) in [6.45, 7) is 0.904. The van der Waals surface area contributed by atoms with Gasteiger partial charge in [0.1, 0.15) is 0 Å². The highest BCUT2D eigenvalue weighted by Crippen LogP contribution is 2.39. The SMILES string of the molecule is CS(=O)(=O)N1CCC(NC(=O)c2cc(Cl)c3c(c2)OCO3)CC1. The second-order valence-corrected chi connectivity index (χ2v) is 7.99. The first-order chi connectivity index (χ1) is 10.8. The fourth-order valence-electron chi connectivity index (χ4n) is 2.70. The Kier molecular flexibility index (Phi) is 4.39. The number of hydrogen-bond acceptors (Lipinski definition) is 5. The number of fused-ring (bicyclic) bond motifs is 1. The van der Waals surface area contributed by atoms with E-state index in [0.717, 1.165) is 0 Å². The summed E-state index contributed by atoms with van der Waals surface area (Å²) >= 11 is 6.07. The van der Waals surface area contributed by atoms with Gasteiger partial charge in [-0.3, -0.25) is 4.79 Å². The Bertz CT molecular complexity index is 729. The molecule has 0 radical (unpaired) electrons. The van der Waals surface area contributed by atoms with E-state index in [1.54, 1.807) is 6.07 Å². The van der Waals surface area contributed by atoms with Crippen LogP contribution in [0, 0.1) is 0 Å². The highest BCUT2D eigenvalue weighted by Gasteiger charge is 2.27. The van der Waals surface area contributed by atoms with Crippen molar-refractivity contribution in [3.8, 4) is 11.5 Å². The summed E-state index contributed by atoms with van der Waals surface area (Å²) in [6, 6.07) is 3.07. The molecule has 1 saturated heterocycles. The molecule has 2 aliphatic rings. The second kappa shape index (κ2) is 6.18. The maximum absolute atomic E-state index is 12.3. The van der Waals surface area contributed by atoms with Crippen molar-refractivity contribution in [1.82, 2.24) is 9.62 Å². The van der Waals surface area contributed by atoms with E-state index in [2.05, 4.69) is 5.32 Å². The third-order valence-electron chi connectivity index (χ3n) is 3.95. The molecular weight excluding hydrogens is 344 g/mol. The van der Waals surface area contributed by atoms with Gasteiger partial charge in [-0.2, -0.15) is 0 Å². The molecular formula is C14H17ClN2O5S. The number of ether oxygens (including phenoxy) is 2. The van der Waals surface area contributed by atoms with Crippen LogP contribution in [-0.4, -0.2) is 50.8 Å². The number of halogens is 1. The molecule has 2 heterocycles. The molecule has 126 valence electrons. The number of rotatable bonds is 3. The molecule has 0 aliphatic carbocycles. The predicted octanol–water partition coefficient (Wildman–Crippen LogP) is 1.22. The summed E-state index contributed by atoms with van der Waals surface area (Å²) in [7, 11) is -3.17. The zero-order valence-electron chi connectivity index (χ0n) is 12.5. The zero-order chi connectivity index (χ0) is 16.6. The van der Waals surface area contributed by atoms with Gasteiger partial charge in [0, 0.05) is 24.7 Å². The molecule has 0 atom stereocenters. The Balaban J connectivity index is 1.64. The largest absolute Gasteiger partial charge is 0.454 e. The molecule has 0 spiro atoms. The fraction of sp³-hybridized carbons (Fsp3) is 0.500. The van der Waals surface area contributed by atoms with Crippen molar-refractivity contribution in [2.45, 2.75) is 18.9 Å². The van der Waals surface area contributed by atoms with Crippen LogP contribution < -0.4 is 14.8 Å². The second-order valence-electron chi connectivity index (χ2n) is 5.60. The first kappa shape index (κ1) is 16.4. The highest BCUT2D eigenvalue weighted by atomic mass is 35.5. The number of benzene rings is 1. The number of sulfonamides is 1. The number of piperidine rings is 1. The average Bonchev–Trinajstić information content (AvgIpc) is 2.96. The maximum atomic E-state index is 12.3. The molecule has 1 aromatic rings. The Morgan fingerprint density at radius 1 is 1.30 bits per heavy atom. The molecule has 7 nitrogen and oxygen atoms in total. The molecule has 3 rings (SSSR count). The van der Waals surface area contributed by atoms with E-state index < -0.39 is 10.0 Å². The van der Waals surface area contributed by atoms with Crippen LogP contribution in [0.5, 0.6) is 11.5 Å². The third kappa shape index (κ3) is 3.54. The van der Waals surface area contributed by atoms with E-state index in [9.17, 15) is 13.2 Å². The molecule has 1 N–H and O–H groups in total. The van der Waals surface area contributed by atoms with Crippen molar-refractivity contribution in [3.05, 3.63) is 22.7 Å². The molecule has 1 amide bonds. The van der Waals surface area contributed by atoms with Crippen LogP contribution in [0.1, 0.15) is 23.2 Å². The number of hydrogen-bond donors (Lipinski definition) is 1. The first-order valence-electron chi connectivity index (χ1n) is 7.20. The number of carbonyl (C=O) groups excluding carboxylic acids is 1. The van der Waals surface area contributed by atoms with E-state index in [4.69, 9.17) is 21.1 Å². The number of nitrogens with one attached hydrogen (secondary N) is 1. The molecule has 0 unspecified atom stereocenters. The molecule has 1 fully saturated rings. The molecule has 0 bridgehead atoms. The van der Waals surface area contributed by atoms with Crippen LogP contribution >= 0.6 is 11.6 Å². The predicted molar refractivity (Wildman–Crippen MR) is 84.5 cm³/mol. The van der Waals surface area contributed by atoms with Crippen LogP contribution in [0.15, 0.2) is 12.1 Å². The van der Waals surface area contributed by atoms with Crippen molar-refractivity contribution in [1.29, 1.82) is 0 Å². The Morgan fingerprint density at radius 3 is 2.65 bits per heavy atom. The Labute approximate surface area is 139 Å². The topological polar surface area (TPSA) is 84.9 Å². The quantitative estimate of drug-likeness (QED) is 0.876. The van der Waals surface area contributed by atoms with Gasteiger partial charge < -0.3 is 14.8 Å². The monoisotopic (exact) mass is 360 g/mol. The van der Waals surface area contributed by atoms with Gasteiger partial charge in [0.05, 0.1) is 11.3 Å². The summed E-state index contributed by atoms with van der Waals surface area (Å²) in [5.41, 5.74) is 0.393. The molecule has 1 aromatic carbocycles. The van der Waals surface area contributed by atoms with Crippen LogP contribution in [0.2, 0.25) is 5.02 Å². The van der Waals surface area contributed by atoms with Crippen LogP contribution in [0.4, 0.5) is 0 Å². The summed E-state index contributed by atoms with van der Waals surface area (Å²) < 4.78 is 34.8. The third-order valence-corrected chi connectivity index (χ3v) is 5.53. The van der Waals surface area contributed by atoms with Crippen molar-refractivity contribution >= 4 is 27.5 Å². The lowest BCUT2D eigenvalue weighted by Gasteiger charge is -2.30. The van der Waals surface area contributed by atoms with Gasteiger partial charge in [0.25, 0.3) is 5.91 Å². The van der Waals surface area contributed by atoms with Crippen molar-refractivity contribution in [2.24, 2.45) is 0 Å². The van der Waals surface area contributed by atoms with Crippen LogP contribution in [0.25, 0.3) is 0 Å². The summed E-state index contributed by atoms with van der Waals surface area (Å²) in [6.07, 6.45) is 2.36. The van der Waals surface area contributed by atoms with Gasteiger partial charge in [-0.25, -0.2) is 12.7 Å². The molecule has 0 aromatic heterocycles. The van der Waals surface area contributed by atoms with Gasteiger partial charge in [-0.05, 0) is 25.0 Å². The summed E-state index contributed by atoms with van der Waals surface area (Å²) in [4.78, 5) is 12.3. The number of carbonyl (C=O) groups is 1. The van der Waals surface area contributed by atoms with Crippen molar-refractivity contribution in [2.75, 3.05) is 26.1 Å². The lowest BCUT2D eigenvalue weighted by atomic mass is 10.1. The van der Waals surface area contributed by atoms with Crippen molar-refractivity contribution in [3.63, 3.8) is 0 Å². The van der Waals surface area contributed by atoms with E-state index in [0.29, 0.717) is 48.0 Å². The normalized spacial score (nSPS) is 18.9. The van der Waals surface area contributed by atoms with E-state index >= 15 is 0 Å². The molecule has 0 saturated carbocycles. The smallest absolute Gasteiger partial charge is 0.251 e. The standard InChI is InChI=1S/C14H17ClN2O5S/c1-23(19,20)17-4-2-10(3-5-17)16-14(18)9-6-11(15)13-12(7-9)21-8-22-13/h6-7,10H,2-5,8H2,1H3,(H,16,18). The van der Waals surface area contributed by atoms with Gasteiger partial charge in [-0.1, -0.05) is 11.6 Å². The fourth-order valence-corrected chi connectivity index (χ4v) is 3.84. The summed E-state index contributed by atoms with van der Waals surface area (Å²) in [5, 5.41) is 3.24. The summed E-state index contributed by atoms with van der Waals surface area (Å²) in [5.74, 6) is 0.641. The van der Waals surface area contributed by atoms with E-state index in [1.807, 2.05) is 0 Å². The molecule has 23 heavy (non-hydrogen) atoms. The average molecular weight is 361 g/mol. The Morgan fingerprint density at radius 2 is 2.00 bits per heavy atom. The van der Waals surface area contributed by atoms with Crippen LogP contribution in [-0.2, 0) is 10.0 Å². The van der Waals surface area contributed by atoms with Gasteiger partial charge in [0.2, 0.25) is 16.8 Å². The first-order valence-corrected chi connectivity index (χ1v) is 9.42. The van der Waals surface area contributed by atoms with Crippen molar-refractivity contribution < 1.29 is 22.7 Å². The minimum atomic E-state index is -3.17. The maximum Gasteiger partial charge on any atom is 0.251 e. The van der Waals surface area contributed by atoms with Gasteiger partial charge >= 0.3 is 0 Å². The molecule has 9 heteroatoms. The van der Waals surface area contributed by atoms with Gasteiger partial charge in [-0.15, -0.1) is 0 Å².